The summed E-state index contributed by atoms with van der Waals surface area (Å²) in [6, 6.07) is 13.1. The SMILES string of the molecule is CCC(Cc1ccc(O)nc1)N(C(=S)NC(=O)c1ccccc1)C1CC1. The number of nitrogens with zero attached hydrogens (tertiary/aromatic N) is 2. The number of rotatable bonds is 6. The van der Waals surface area contributed by atoms with Crippen molar-refractivity contribution in [3.8, 4) is 5.88 Å². The lowest BCUT2D eigenvalue weighted by Crippen LogP contribution is -2.49. The second-order valence-electron chi connectivity index (χ2n) is 6.55. The predicted octanol–water partition coefficient (Wildman–Crippen LogP) is 3.29. The number of amides is 1. The topological polar surface area (TPSA) is 65.5 Å². The van der Waals surface area contributed by atoms with Crippen LogP contribution in [-0.2, 0) is 6.42 Å². The van der Waals surface area contributed by atoms with E-state index in [0.29, 0.717) is 16.7 Å². The van der Waals surface area contributed by atoms with E-state index < -0.39 is 0 Å². The number of carbonyl (C=O) groups excluding carboxylic acids is 1. The molecule has 136 valence electrons. The third-order valence-corrected chi connectivity index (χ3v) is 4.89. The van der Waals surface area contributed by atoms with Crippen molar-refractivity contribution >= 4 is 23.2 Å². The zero-order valence-corrected chi connectivity index (χ0v) is 15.6. The van der Waals surface area contributed by atoms with Crippen molar-refractivity contribution < 1.29 is 9.90 Å². The minimum absolute atomic E-state index is 0.0199. The molecule has 1 fully saturated rings. The van der Waals surface area contributed by atoms with Gasteiger partial charge in [0.05, 0.1) is 0 Å². The second kappa shape index (κ2) is 8.27. The van der Waals surface area contributed by atoms with Crippen molar-refractivity contribution in [2.75, 3.05) is 0 Å². The van der Waals surface area contributed by atoms with E-state index in [2.05, 4.69) is 22.1 Å². The molecule has 1 aromatic carbocycles. The van der Waals surface area contributed by atoms with Crippen LogP contribution in [0, 0.1) is 0 Å². The molecule has 3 rings (SSSR count). The van der Waals surface area contributed by atoms with Gasteiger partial charge in [0, 0.05) is 29.9 Å². The number of hydrogen-bond donors (Lipinski definition) is 2. The van der Waals surface area contributed by atoms with Crippen molar-refractivity contribution in [2.45, 2.75) is 44.7 Å². The van der Waals surface area contributed by atoms with E-state index >= 15 is 0 Å². The van der Waals surface area contributed by atoms with Gasteiger partial charge in [-0.3, -0.25) is 10.1 Å². The molecule has 1 unspecified atom stereocenters. The number of hydrogen-bond acceptors (Lipinski definition) is 4. The summed E-state index contributed by atoms with van der Waals surface area (Å²) in [5.41, 5.74) is 1.64. The van der Waals surface area contributed by atoms with Gasteiger partial charge in [0.25, 0.3) is 5.91 Å². The first-order valence-corrected chi connectivity index (χ1v) is 9.32. The Hall–Kier alpha value is -2.47. The summed E-state index contributed by atoms with van der Waals surface area (Å²) >= 11 is 5.59. The maximum absolute atomic E-state index is 12.4. The van der Waals surface area contributed by atoms with Crippen LogP contribution in [0.25, 0.3) is 0 Å². The van der Waals surface area contributed by atoms with Gasteiger partial charge in [0.15, 0.2) is 5.11 Å². The molecule has 1 amide bonds. The highest BCUT2D eigenvalue weighted by atomic mass is 32.1. The second-order valence-corrected chi connectivity index (χ2v) is 6.94. The van der Waals surface area contributed by atoms with Crippen molar-refractivity contribution in [1.82, 2.24) is 15.2 Å². The normalized spacial score (nSPS) is 14.5. The largest absolute Gasteiger partial charge is 0.493 e. The number of carbonyl (C=O) groups is 1. The third kappa shape index (κ3) is 4.58. The first-order valence-electron chi connectivity index (χ1n) is 8.91. The lowest BCUT2D eigenvalue weighted by molar-refractivity contribution is 0.0971. The molecule has 1 heterocycles. The molecule has 1 aliphatic rings. The highest BCUT2D eigenvalue weighted by molar-refractivity contribution is 7.80. The number of thiocarbonyl (C=S) groups is 1. The molecule has 5 nitrogen and oxygen atoms in total. The summed E-state index contributed by atoms with van der Waals surface area (Å²) in [7, 11) is 0. The smallest absolute Gasteiger partial charge is 0.257 e. The van der Waals surface area contributed by atoms with Gasteiger partial charge in [-0.25, -0.2) is 4.98 Å². The van der Waals surface area contributed by atoms with Crippen molar-refractivity contribution in [1.29, 1.82) is 0 Å². The summed E-state index contributed by atoms with van der Waals surface area (Å²) in [5.74, 6) is -0.158. The van der Waals surface area contributed by atoms with Crippen LogP contribution in [0.2, 0.25) is 0 Å². The number of aromatic nitrogens is 1. The quantitative estimate of drug-likeness (QED) is 0.765. The first kappa shape index (κ1) is 18.3. The molecule has 1 aromatic heterocycles. The van der Waals surface area contributed by atoms with E-state index in [9.17, 15) is 9.90 Å². The average molecular weight is 369 g/mol. The van der Waals surface area contributed by atoms with Crippen LogP contribution >= 0.6 is 12.2 Å². The van der Waals surface area contributed by atoms with Gasteiger partial charge >= 0.3 is 0 Å². The monoisotopic (exact) mass is 369 g/mol. The molecule has 0 spiro atoms. The van der Waals surface area contributed by atoms with Crippen molar-refractivity contribution in [2.24, 2.45) is 0 Å². The maximum atomic E-state index is 12.4. The van der Waals surface area contributed by atoms with Crippen LogP contribution < -0.4 is 5.32 Å². The molecule has 1 saturated carbocycles. The summed E-state index contributed by atoms with van der Waals surface area (Å²) in [6.45, 7) is 2.12. The van der Waals surface area contributed by atoms with Gasteiger partial charge in [0.2, 0.25) is 5.88 Å². The molecule has 2 N–H and O–H groups in total. The summed E-state index contributed by atoms with van der Waals surface area (Å²) in [5, 5.41) is 12.7. The van der Waals surface area contributed by atoms with Crippen LogP contribution in [0.15, 0.2) is 48.7 Å². The van der Waals surface area contributed by atoms with E-state index in [1.165, 1.54) is 0 Å². The number of aromatic hydroxyl groups is 1. The molecule has 0 radical (unpaired) electrons. The Morgan fingerprint density at radius 1 is 1.31 bits per heavy atom. The predicted molar refractivity (Wildman–Crippen MR) is 105 cm³/mol. The Morgan fingerprint density at radius 2 is 2.04 bits per heavy atom. The summed E-state index contributed by atoms with van der Waals surface area (Å²) < 4.78 is 0. The molecule has 1 atom stereocenters. The summed E-state index contributed by atoms with van der Waals surface area (Å²) in [6.07, 6.45) is 5.53. The Labute approximate surface area is 159 Å². The van der Waals surface area contributed by atoms with Crippen LogP contribution in [0.4, 0.5) is 0 Å². The van der Waals surface area contributed by atoms with Crippen LogP contribution in [0.3, 0.4) is 0 Å². The zero-order chi connectivity index (χ0) is 18.5. The molecule has 1 aliphatic carbocycles. The van der Waals surface area contributed by atoms with Gasteiger partial charge in [-0.15, -0.1) is 0 Å². The van der Waals surface area contributed by atoms with E-state index in [1.54, 1.807) is 24.4 Å². The Balaban J connectivity index is 1.71. The lowest BCUT2D eigenvalue weighted by Gasteiger charge is -2.33. The van der Waals surface area contributed by atoms with Crippen LogP contribution in [0.5, 0.6) is 5.88 Å². The fourth-order valence-electron chi connectivity index (χ4n) is 3.05. The van der Waals surface area contributed by atoms with E-state index in [0.717, 1.165) is 31.2 Å². The fourth-order valence-corrected chi connectivity index (χ4v) is 3.45. The fraction of sp³-hybridized carbons (Fsp3) is 0.350. The van der Waals surface area contributed by atoms with E-state index in [1.807, 2.05) is 24.3 Å². The summed E-state index contributed by atoms with van der Waals surface area (Å²) in [4.78, 5) is 18.6. The first-order chi connectivity index (χ1) is 12.6. The Morgan fingerprint density at radius 3 is 2.62 bits per heavy atom. The Kier molecular flexibility index (Phi) is 5.83. The minimum Gasteiger partial charge on any atom is -0.493 e. The Bertz CT molecular complexity index is 760. The molecule has 26 heavy (non-hydrogen) atoms. The van der Waals surface area contributed by atoms with Gasteiger partial charge in [0.1, 0.15) is 0 Å². The van der Waals surface area contributed by atoms with Crippen LogP contribution in [-0.4, -0.2) is 38.1 Å². The van der Waals surface area contributed by atoms with E-state index in [4.69, 9.17) is 12.2 Å². The maximum Gasteiger partial charge on any atom is 0.257 e. The molecule has 0 saturated heterocycles. The molecule has 0 bridgehead atoms. The number of nitrogens with one attached hydrogen (secondary N) is 1. The lowest BCUT2D eigenvalue weighted by atomic mass is 10.0. The molecule has 6 heteroatoms. The van der Waals surface area contributed by atoms with Gasteiger partial charge in [-0.1, -0.05) is 31.2 Å². The van der Waals surface area contributed by atoms with E-state index in [-0.39, 0.29) is 17.8 Å². The minimum atomic E-state index is -0.178. The van der Waals surface area contributed by atoms with Crippen LogP contribution in [0.1, 0.15) is 42.1 Å². The zero-order valence-electron chi connectivity index (χ0n) is 14.8. The highest BCUT2D eigenvalue weighted by Crippen LogP contribution is 2.31. The third-order valence-electron chi connectivity index (χ3n) is 4.58. The highest BCUT2D eigenvalue weighted by Gasteiger charge is 2.35. The molecular formula is C20H23N3O2S. The van der Waals surface area contributed by atoms with Crippen molar-refractivity contribution in [3.05, 3.63) is 59.8 Å². The van der Waals surface area contributed by atoms with Gasteiger partial charge in [-0.2, -0.15) is 0 Å². The van der Waals surface area contributed by atoms with Gasteiger partial charge in [-0.05, 0) is 55.6 Å². The van der Waals surface area contributed by atoms with Gasteiger partial charge < -0.3 is 10.0 Å². The molecule has 0 aliphatic heterocycles. The number of benzene rings is 1. The standard InChI is InChI=1S/C20H23N3O2S/c1-2-16(12-14-8-11-18(24)21-13-14)23(17-9-10-17)20(26)22-19(25)15-6-4-3-5-7-15/h3-8,11,13,16-17H,2,9-10,12H2,1H3,(H,21,24)(H,22,25,26). The average Bonchev–Trinajstić information content (AvgIpc) is 3.48. The molecule has 2 aromatic rings. The molecular weight excluding hydrogens is 346 g/mol. The van der Waals surface area contributed by atoms with Crippen molar-refractivity contribution in [3.63, 3.8) is 0 Å². The number of pyridine rings is 1.